The molecule has 6 heteroatoms. The minimum absolute atomic E-state index is 0.00763. The lowest BCUT2D eigenvalue weighted by molar-refractivity contribution is -0.187. The number of hydrogen-bond acceptors (Lipinski definition) is 6. The van der Waals surface area contributed by atoms with Crippen molar-refractivity contribution in [3.05, 3.63) is 23.3 Å². The van der Waals surface area contributed by atoms with Crippen molar-refractivity contribution >= 4 is 11.8 Å². The molecule has 0 aromatic carbocycles. The highest BCUT2D eigenvalue weighted by Gasteiger charge is 2.83. The van der Waals surface area contributed by atoms with Crippen LogP contribution >= 0.6 is 0 Å². The molecule has 0 amide bonds. The van der Waals surface area contributed by atoms with E-state index in [0.717, 1.165) is 6.42 Å². The van der Waals surface area contributed by atoms with E-state index in [0.29, 0.717) is 29.9 Å². The van der Waals surface area contributed by atoms with E-state index in [4.69, 9.17) is 4.74 Å². The number of esters is 1. The third kappa shape index (κ3) is 3.10. The van der Waals surface area contributed by atoms with Gasteiger partial charge in [0.15, 0.2) is 5.78 Å². The van der Waals surface area contributed by atoms with E-state index in [1.54, 1.807) is 13.0 Å². The van der Waals surface area contributed by atoms with Gasteiger partial charge in [0.2, 0.25) is 0 Å². The van der Waals surface area contributed by atoms with Gasteiger partial charge in [-0.3, -0.25) is 9.59 Å². The number of ether oxygens (including phenoxy) is 1. The number of carbonyl (C=O) groups is 2. The third-order valence-corrected chi connectivity index (χ3v) is 10.4. The molecular weight excluding hydrogens is 432 g/mol. The number of Topliss-reactive ketones (excluding diaryl/α,β-unsaturated/α-hetero) is 1. The van der Waals surface area contributed by atoms with Gasteiger partial charge in [-0.15, -0.1) is 0 Å². The van der Waals surface area contributed by atoms with Crippen LogP contribution in [0.4, 0.5) is 0 Å². The Balaban J connectivity index is 1.47. The number of aliphatic hydroxyl groups excluding tert-OH is 1. The fourth-order valence-electron chi connectivity index (χ4n) is 8.47. The van der Waals surface area contributed by atoms with Crippen molar-refractivity contribution in [2.45, 2.75) is 95.9 Å². The second kappa shape index (κ2) is 7.75. The first-order valence-corrected chi connectivity index (χ1v) is 13.1. The SMILES string of the molecule is CC1=C[C@H]2[C@@]3(O)[C@H](C)C[C@]4(OC(=O)CCC5CCCC5)[C@H]([C@@H]3C=C(CO)C[C@]2(O)C1=O)C4(C)C. The van der Waals surface area contributed by atoms with E-state index in [1.807, 2.05) is 13.0 Å². The van der Waals surface area contributed by atoms with Crippen molar-refractivity contribution in [1.29, 1.82) is 0 Å². The van der Waals surface area contributed by atoms with Gasteiger partial charge in [-0.25, -0.2) is 0 Å². The molecular formula is C28H40O6. The average molecular weight is 473 g/mol. The lowest BCUT2D eigenvalue weighted by atomic mass is 9.60. The Hall–Kier alpha value is -1.50. The van der Waals surface area contributed by atoms with E-state index < -0.39 is 28.6 Å². The zero-order chi connectivity index (χ0) is 24.7. The Morgan fingerprint density at radius 3 is 2.50 bits per heavy atom. The largest absolute Gasteiger partial charge is 0.458 e. The van der Waals surface area contributed by atoms with Crippen LogP contribution in [0, 0.1) is 35.0 Å². The summed E-state index contributed by atoms with van der Waals surface area (Å²) in [4.78, 5) is 26.0. The molecule has 5 rings (SSSR count). The second-order valence-corrected chi connectivity index (χ2v) is 12.5. The Kier molecular flexibility index (Phi) is 5.52. The molecule has 0 aromatic heterocycles. The van der Waals surface area contributed by atoms with E-state index in [-0.39, 0.29) is 42.0 Å². The highest BCUT2D eigenvalue weighted by molar-refractivity contribution is 6.04. The Morgan fingerprint density at radius 2 is 1.85 bits per heavy atom. The lowest BCUT2D eigenvalue weighted by Crippen LogP contribution is -2.61. The van der Waals surface area contributed by atoms with Crippen molar-refractivity contribution in [2.75, 3.05) is 6.61 Å². The maximum Gasteiger partial charge on any atom is 0.306 e. The first-order valence-electron chi connectivity index (χ1n) is 13.1. The molecule has 7 atom stereocenters. The maximum absolute atomic E-state index is 13.0. The molecule has 0 radical (unpaired) electrons. The lowest BCUT2D eigenvalue weighted by Gasteiger charge is -2.50. The van der Waals surface area contributed by atoms with Gasteiger partial charge < -0.3 is 20.1 Å². The highest BCUT2D eigenvalue weighted by atomic mass is 16.6. The molecule has 5 aliphatic carbocycles. The summed E-state index contributed by atoms with van der Waals surface area (Å²) >= 11 is 0. The first kappa shape index (κ1) is 24.2. The minimum atomic E-state index is -1.76. The molecule has 188 valence electrons. The van der Waals surface area contributed by atoms with Crippen LogP contribution < -0.4 is 0 Å². The van der Waals surface area contributed by atoms with Crippen LogP contribution in [0.5, 0.6) is 0 Å². The number of fused-ring (bicyclic) bond motifs is 5. The predicted octanol–water partition coefficient (Wildman–Crippen LogP) is 3.48. The van der Waals surface area contributed by atoms with Crippen LogP contribution in [0.2, 0.25) is 0 Å². The molecule has 34 heavy (non-hydrogen) atoms. The van der Waals surface area contributed by atoms with Gasteiger partial charge in [-0.1, -0.05) is 58.6 Å². The third-order valence-electron chi connectivity index (χ3n) is 10.4. The monoisotopic (exact) mass is 472 g/mol. The van der Waals surface area contributed by atoms with Crippen LogP contribution in [0.1, 0.15) is 79.1 Å². The van der Waals surface area contributed by atoms with Crippen LogP contribution in [0.15, 0.2) is 23.3 Å². The maximum atomic E-state index is 13.0. The molecule has 0 heterocycles. The fraction of sp³-hybridized carbons (Fsp3) is 0.786. The van der Waals surface area contributed by atoms with E-state index in [1.165, 1.54) is 25.7 Å². The number of carbonyl (C=O) groups excluding carboxylic acids is 2. The van der Waals surface area contributed by atoms with Gasteiger partial charge in [-0.05, 0) is 42.7 Å². The van der Waals surface area contributed by atoms with Gasteiger partial charge in [0.05, 0.1) is 12.2 Å². The van der Waals surface area contributed by atoms with Crippen molar-refractivity contribution in [2.24, 2.45) is 35.0 Å². The molecule has 0 saturated heterocycles. The van der Waals surface area contributed by atoms with Crippen LogP contribution in [0.3, 0.4) is 0 Å². The van der Waals surface area contributed by atoms with Crippen molar-refractivity contribution in [3.63, 3.8) is 0 Å². The summed E-state index contributed by atoms with van der Waals surface area (Å²) in [5.74, 6) is -1.59. The Bertz CT molecular complexity index is 958. The summed E-state index contributed by atoms with van der Waals surface area (Å²) in [6, 6.07) is 0. The normalized spacial score (nSPS) is 45.0. The highest BCUT2D eigenvalue weighted by Crippen LogP contribution is 2.76. The first-order chi connectivity index (χ1) is 15.9. The van der Waals surface area contributed by atoms with Gasteiger partial charge in [-0.2, -0.15) is 0 Å². The molecule has 3 N–H and O–H groups in total. The molecule has 0 bridgehead atoms. The summed E-state index contributed by atoms with van der Waals surface area (Å²) in [6.45, 7) is 7.51. The Morgan fingerprint density at radius 1 is 1.18 bits per heavy atom. The van der Waals surface area contributed by atoms with Crippen LogP contribution in [-0.2, 0) is 14.3 Å². The molecule has 0 aromatic rings. The van der Waals surface area contributed by atoms with Crippen LogP contribution in [0.25, 0.3) is 0 Å². The molecule has 5 aliphatic rings. The van der Waals surface area contributed by atoms with Crippen molar-refractivity contribution < 1.29 is 29.6 Å². The predicted molar refractivity (Wildman–Crippen MR) is 126 cm³/mol. The van der Waals surface area contributed by atoms with E-state index >= 15 is 0 Å². The summed E-state index contributed by atoms with van der Waals surface area (Å²) in [7, 11) is 0. The number of ketones is 1. The number of rotatable bonds is 5. The average Bonchev–Trinajstić information content (AvgIpc) is 3.12. The molecule has 3 fully saturated rings. The van der Waals surface area contributed by atoms with Crippen molar-refractivity contribution in [1.82, 2.24) is 0 Å². The number of hydrogen-bond donors (Lipinski definition) is 3. The second-order valence-electron chi connectivity index (χ2n) is 12.5. The summed E-state index contributed by atoms with van der Waals surface area (Å²) in [5, 5.41) is 34.0. The zero-order valence-corrected chi connectivity index (χ0v) is 21.0. The van der Waals surface area contributed by atoms with Crippen LogP contribution in [-0.4, -0.2) is 50.5 Å². The van der Waals surface area contributed by atoms with Crippen molar-refractivity contribution in [3.8, 4) is 0 Å². The van der Waals surface area contributed by atoms with E-state index in [9.17, 15) is 24.9 Å². The molecule has 0 unspecified atom stereocenters. The van der Waals surface area contributed by atoms with Gasteiger partial charge in [0, 0.05) is 36.0 Å². The molecule has 0 aliphatic heterocycles. The van der Waals surface area contributed by atoms with Gasteiger partial charge in [0.25, 0.3) is 0 Å². The topological polar surface area (TPSA) is 104 Å². The van der Waals surface area contributed by atoms with Gasteiger partial charge >= 0.3 is 5.97 Å². The minimum Gasteiger partial charge on any atom is -0.458 e. The zero-order valence-electron chi connectivity index (χ0n) is 21.0. The quantitative estimate of drug-likeness (QED) is 0.418. The molecule has 3 saturated carbocycles. The Labute approximate surface area is 202 Å². The summed E-state index contributed by atoms with van der Waals surface area (Å²) < 4.78 is 6.29. The number of aliphatic hydroxyl groups is 3. The van der Waals surface area contributed by atoms with E-state index in [2.05, 4.69) is 13.8 Å². The fourth-order valence-corrected chi connectivity index (χ4v) is 8.47. The summed E-state index contributed by atoms with van der Waals surface area (Å²) in [5.41, 5.74) is -3.17. The molecule has 6 nitrogen and oxygen atoms in total. The summed E-state index contributed by atoms with van der Waals surface area (Å²) in [6.07, 6.45) is 10.3. The molecule has 0 spiro atoms. The standard InChI is InChI=1S/C28H40O6/c1-16-11-21-26(32,24(16)31)14-19(15-29)12-20-23-25(3,4)27(23,13-17(2)28(20,21)33)34-22(30)10-9-18-7-5-6-8-18/h11-12,17-18,20-21,23,29,32-33H,5-10,13-15H2,1-4H3/t17-,20+,21-,23-,26-,27+,28-/m1/s1. The van der Waals surface area contributed by atoms with Gasteiger partial charge in [0.1, 0.15) is 11.2 Å². The smallest absolute Gasteiger partial charge is 0.306 e.